The molecule has 0 radical (unpaired) electrons. The maximum Gasteiger partial charge on any atom is 0.307 e. The molecule has 1 saturated heterocycles. The second-order valence-electron chi connectivity index (χ2n) is 6.13. The number of carbonyl (C=O) groups excluding carboxylic acids is 1. The minimum atomic E-state index is -0.866. The molecule has 1 aromatic rings. The smallest absolute Gasteiger partial charge is 0.307 e. The Hall–Kier alpha value is -1.88. The van der Waals surface area contributed by atoms with Gasteiger partial charge < -0.3 is 15.7 Å². The Labute approximate surface area is 123 Å². The van der Waals surface area contributed by atoms with Crippen LogP contribution in [0.3, 0.4) is 0 Å². The fourth-order valence-corrected chi connectivity index (χ4v) is 3.36. The topological polar surface area (TPSA) is 78.4 Å². The van der Waals surface area contributed by atoms with E-state index in [2.05, 4.69) is 10.6 Å². The van der Waals surface area contributed by atoms with E-state index >= 15 is 0 Å². The van der Waals surface area contributed by atoms with Crippen molar-refractivity contribution in [3.8, 4) is 0 Å². The van der Waals surface area contributed by atoms with Gasteiger partial charge in [0, 0.05) is 11.6 Å². The summed E-state index contributed by atoms with van der Waals surface area (Å²) in [5, 5.41) is 15.1. The first-order chi connectivity index (χ1) is 10.1. The number of rotatable bonds is 4. The first kappa shape index (κ1) is 14.1. The molecule has 1 aliphatic carbocycles. The molecular weight excluding hydrogens is 268 g/mol. The third-order valence-corrected chi connectivity index (χ3v) is 4.66. The van der Waals surface area contributed by atoms with Crippen molar-refractivity contribution in [2.45, 2.75) is 25.7 Å². The number of nitrogens with one attached hydrogen (secondary N) is 2. The SMILES string of the molecule is O=C(O)Cc1cccc(NC(=O)C2CC23CCNCC3)c1. The summed E-state index contributed by atoms with van der Waals surface area (Å²) in [5.41, 5.74) is 1.61. The first-order valence-electron chi connectivity index (χ1n) is 7.41. The molecule has 1 spiro atoms. The molecule has 5 nitrogen and oxygen atoms in total. The predicted octanol–water partition coefficient (Wildman–Crippen LogP) is 1.64. The third kappa shape index (κ3) is 3.08. The van der Waals surface area contributed by atoms with Crippen LogP contribution >= 0.6 is 0 Å². The van der Waals surface area contributed by atoms with Crippen molar-refractivity contribution in [1.29, 1.82) is 0 Å². The lowest BCUT2D eigenvalue weighted by atomic mass is 9.92. The van der Waals surface area contributed by atoms with Gasteiger partial charge in [-0.05, 0) is 55.5 Å². The van der Waals surface area contributed by atoms with E-state index in [0.717, 1.165) is 32.4 Å². The van der Waals surface area contributed by atoms with Gasteiger partial charge in [0.15, 0.2) is 0 Å². The van der Waals surface area contributed by atoms with Crippen LogP contribution in [0.4, 0.5) is 5.69 Å². The van der Waals surface area contributed by atoms with E-state index in [1.165, 1.54) is 0 Å². The number of amides is 1. The lowest BCUT2D eigenvalue weighted by Crippen LogP contribution is -2.31. The summed E-state index contributed by atoms with van der Waals surface area (Å²) in [5.74, 6) is -0.679. The van der Waals surface area contributed by atoms with E-state index in [1.54, 1.807) is 24.3 Å². The van der Waals surface area contributed by atoms with Crippen LogP contribution in [0.1, 0.15) is 24.8 Å². The summed E-state index contributed by atoms with van der Waals surface area (Å²) in [6, 6.07) is 7.08. The molecule has 5 heteroatoms. The van der Waals surface area contributed by atoms with Crippen molar-refractivity contribution in [1.82, 2.24) is 5.32 Å². The van der Waals surface area contributed by atoms with Crippen LogP contribution in [0.5, 0.6) is 0 Å². The van der Waals surface area contributed by atoms with Crippen LogP contribution in [0, 0.1) is 11.3 Å². The number of carboxylic acid groups (broad SMARTS) is 1. The fourth-order valence-electron chi connectivity index (χ4n) is 3.36. The number of anilines is 1. The monoisotopic (exact) mass is 288 g/mol. The van der Waals surface area contributed by atoms with E-state index in [-0.39, 0.29) is 23.7 Å². The molecule has 1 aromatic carbocycles. The van der Waals surface area contributed by atoms with Crippen LogP contribution in [-0.4, -0.2) is 30.1 Å². The summed E-state index contributed by atoms with van der Waals surface area (Å²) in [4.78, 5) is 23.1. The molecule has 21 heavy (non-hydrogen) atoms. The van der Waals surface area contributed by atoms with Gasteiger partial charge in [-0.3, -0.25) is 9.59 Å². The minimum Gasteiger partial charge on any atom is -0.481 e. The van der Waals surface area contributed by atoms with E-state index in [4.69, 9.17) is 5.11 Å². The lowest BCUT2D eigenvalue weighted by molar-refractivity contribution is -0.136. The van der Waals surface area contributed by atoms with Crippen LogP contribution in [0.2, 0.25) is 0 Å². The van der Waals surface area contributed by atoms with Gasteiger partial charge in [0.05, 0.1) is 6.42 Å². The van der Waals surface area contributed by atoms with Gasteiger partial charge in [-0.2, -0.15) is 0 Å². The molecule has 1 heterocycles. The van der Waals surface area contributed by atoms with Crippen LogP contribution in [0.25, 0.3) is 0 Å². The molecular formula is C16H20N2O3. The van der Waals surface area contributed by atoms with Crippen molar-refractivity contribution in [3.63, 3.8) is 0 Å². The van der Waals surface area contributed by atoms with E-state index in [9.17, 15) is 9.59 Å². The van der Waals surface area contributed by atoms with Gasteiger partial charge in [0.2, 0.25) is 5.91 Å². The number of carboxylic acids is 1. The Morgan fingerprint density at radius 2 is 2.10 bits per heavy atom. The summed E-state index contributed by atoms with van der Waals surface area (Å²) >= 11 is 0. The Kier molecular flexibility index (Phi) is 3.68. The molecule has 1 amide bonds. The summed E-state index contributed by atoms with van der Waals surface area (Å²) < 4.78 is 0. The number of aliphatic carboxylic acids is 1. The zero-order chi connectivity index (χ0) is 14.9. The molecule has 112 valence electrons. The minimum absolute atomic E-state index is 0.0251. The first-order valence-corrected chi connectivity index (χ1v) is 7.41. The van der Waals surface area contributed by atoms with Crippen molar-refractivity contribution in [2.24, 2.45) is 11.3 Å². The molecule has 2 fully saturated rings. The van der Waals surface area contributed by atoms with Gasteiger partial charge in [-0.15, -0.1) is 0 Å². The predicted molar refractivity (Wildman–Crippen MR) is 79.1 cm³/mol. The summed E-state index contributed by atoms with van der Waals surface area (Å²) in [6.45, 7) is 2.00. The van der Waals surface area contributed by atoms with E-state index in [0.29, 0.717) is 11.3 Å². The van der Waals surface area contributed by atoms with Gasteiger partial charge in [0.25, 0.3) is 0 Å². The highest BCUT2D eigenvalue weighted by atomic mass is 16.4. The Balaban J connectivity index is 1.62. The molecule has 0 bridgehead atoms. The largest absolute Gasteiger partial charge is 0.481 e. The van der Waals surface area contributed by atoms with Crippen molar-refractivity contribution in [2.75, 3.05) is 18.4 Å². The molecule has 0 aromatic heterocycles. The summed E-state index contributed by atoms with van der Waals surface area (Å²) in [7, 11) is 0. The maximum atomic E-state index is 12.3. The highest BCUT2D eigenvalue weighted by Crippen LogP contribution is 2.58. The van der Waals surface area contributed by atoms with Crippen molar-refractivity contribution < 1.29 is 14.7 Å². The number of piperidine rings is 1. The fraction of sp³-hybridized carbons (Fsp3) is 0.500. The van der Waals surface area contributed by atoms with Crippen molar-refractivity contribution in [3.05, 3.63) is 29.8 Å². The average Bonchev–Trinajstić information content (AvgIpc) is 3.13. The molecule has 2 aliphatic rings. The van der Waals surface area contributed by atoms with Crippen LogP contribution < -0.4 is 10.6 Å². The van der Waals surface area contributed by atoms with Gasteiger partial charge in [-0.1, -0.05) is 12.1 Å². The molecule has 3 N–H and O–H groups in total. The second-order valence-corrected chi connectivity index (χ2v) is 6.13. The number of benzene rings is 1. The van der Waals surface area contributed by atoms with Gasteiger partial charge in [-0.25, -0.2) is 0 Å². The van der Waals surface area contributed by atoms with E-state index in [1.807, 2.05) is 0 Å². The summed E-state index contributed by atoms with van der Waals surface area (Å²) in [6.07, 6.45) is 3.10. The Morgan fingerprint density at radius 1 is 1.33 bits per heavy atom. The Bertz CT molecular complexity index is 564. The van der Waals surface area contributed by atoms with Crippen LogP contribution in [0.15, 0.2) is 24.3 Å². The zero-order valence-electron chi connectivity index (χ0n) is 11.9. The normalized spacial score (nSPS) is 22.8. The second kappa shape index (κ2) is 5.48. The maximum absolute atomic E-state index is 12.3. The highest BCUT2D eigenvalue weighted by molar-refractivity contribution is 5.95. The number of hydrogen-bond donors (Lipinski definition) is 3. The number of carbonyl (C=O) groups is 2. The van der Waals surface area contributed by atoms with Crippen molar-refractivity contribution >= 4 is 17.6 Å². The highest BCUT2D eigenvalue weighted by Gasteiger charge is 2.57. The average molecular weight is 288 g/mol. The molecule has 1 aliphatic heterocycles. The van der Waals surface area contributed by atoms with Gasteiger partial charge >= 0.3 is 5.97 Å². The Morgan fingerprint density at radius 3 is 2.81 bits per heavy atom. The zero-order valence-corrected chi connectivity index (χ0v) is 11.9. The lowest BCUT2D eigenvalue weighted by Gasteiger charge is -2.23. The molecule has 1 unspecified atom stereocenters. The van der Waals surface area contributed by atoms with E-state index < -0.39 is 5.97 Å². The number of hydrogen-bond acceptors (Lipinski definition) is 3. The van der Waals surface area contributed by atoms with Crippen LogP contribution in [-0.2, 0) is 16.0 Å². The quantitative estimate of drug-likeness (QED) is 0.787. The molecule has 1 saturated carbocycles. The standard InChI is InChI=1S/C16H20N2O3/c19-14(20)9-11-2-1-3-12(8-11)18-15(21)13-10-16(13)4-6-17-7-5-16/h1-3,8,13,17H,4-7,9-10H2,(H,18,21)(H,19,20). The molecule has 3 rings (SSSR count). The third-order valence-electron chi connectivity index (χ3n) is 4.66. The van der Waals surface area contributed by atoms with Gasteiger partial charge in [0.1, 0.15) is 0 Å². The molecule has 1 atom stereocenters.